The lowest BCUT2D eigenvalue weighted by molar-refractivity contribution is 0.124. The molecule has 6 nitrogen and oxygen atoms in total. The number of H-pyrrole nitrogens is 1. The molecule has 27 heavy (non-hydrogen) atoms. The molecule has 1 atom stereocenters. The van der Waals surface area contributed by atoms with Crippen LogP contribution in [0, 0.1) is 11.6 Å². The summed E-state index contributed by atoms with van der Waals surface area (Å²) in [5, 5.41) is 10.2. The van der Waals surface area contributed by atoms with Crippen LogP contribution in [0.5, 0.6) is 0 Å². The second-order valence-corrected chi connectivity index (χ2v) is 6.60. The van der Waals surface area contributed by atoms with Crippen LogP contribution in [-0.4, -0.2) is 59.2 Å². The quantitative estimate of drug-likeness (QED) is 0.622. The second kappa shape index (κ2) is 8.94. The molecule has 146 valence electrons. The summed E-state index contributed by atoms with van der Waals surface area (Å²) in [5.41, 5.74) is 1.56. The zero-order chi connectivity index (χ0) is 19.2. The fourth-order valence-electron chi connectivity index (χ4n) is 3.58. The average Bonchev–Trinajstić information content (AvgIpc) is 3.19. The van der Waals surface area contributed by atoms with Gasteiger partial charge >= 0.3 is 0 Å². The normalized spacial score (nSPS) is 17.2. The summed E-state index contributed by atoms with van der Waals surface area (Å²) in [6.07, 6.45) is 2.49. The van der Waals surface area contributed by atoms with E-state index in [-0.39, 0.29) is 6.04 Å². The summed E-state index contributed by atoms with van der Waals surface area (Å²) in [4.78, 5) is 8.81. The smallest absolute Gasteiger partial charge is 0.194 e. The van der Waals surface area contributed by atoms with Crippen molar-refractivity contribution in [2.24, 2.45) is 4.99 Å². The number of aromatic nitrogens is 2. The predicted molar refractivity (Wildman–Crippen MR) is 101 cm³/mol. The van der Waals surface area contributed by atoms with Gasteiger partial charge in [0.1, 0.15) is 11.6 Å². The Morgan fingerprint density at radius 3 is 2.63 bits per heavy atom. The number of benzene rings is 1. The van der Waals surface area contributed by atoms with Crippen LogP contribution in [-0.2, 0) is 6.54 Å². The molecule has 0 aliphatic carbocycles. The minimum atomic E-state index is -0.539. The maximum atomic E-state index is 14.2. The first-order valence-corrected chi connectivity index (χ1v) is 9.25. The Bertz CT molecular complexity index is 754. The summed E-state index contributed by atoms with van der Waals surface area (Å²) in [5.74, 6) is -0.172. The fourth-order valence-corrected chi connectivity index (χ4v) is 3.58. The molecule has 1 saturated heterocycles. The third kappa shape index (κ3) is 4.63. The third-order valence-electron chi connectivity index (χ3n) is 4.97. The zero-order valence-electron chi connectivity index (χ0n) is 15.8. The highest BCUT2D eigenvalue weighted by molar-refractivity contribution is 5.79. The van der Waals surface area contributed by atoms with Crippen LogP contribution in [0.3, 0.4) is 0 Å². The molecule has 1 aromatic carbocycles. The monoisotopic (exact) mass is 376 g/mol. The Morgan fingerprint density at radius 2 is 2.04 bits per heavy atom. The molecular formula is C19H26F2N6. The summed E-state index contributed by atoms with van der Waals surface area (Å²) in [6, 6.07) is 5.73. The molecule has 2 heterocycles. The van der Waals surface area contributed by atoms with Crippen molar-refractivity contribution in [2.45, 2.75) is 25.9 Å². The van der Waals surface area contributed by atoms with Gasteiger partial charge in [0.05, 0.1) is 12.2 Å². The van der Waals surface area contributed by atoms with Gasteiger partial charge in [-0.15, -0.1) is 0 Å². The van der Waals surface area contributed by atoms with Gasteiger partial charge in [-0.25, -0.2) is 8.78 Å². The van der Waals surface area contributed by atoms with Gasteiger partial charge in [-0.1, -0.05) is 13.0 Å². The first kappa shape index (κ1) is 19.3. The average molecular weight is 376 g/mol. The van der Waals surface area contributed by atoms with Crippen molar-refractivity contribution in [3.05, 3.63) is 53.4 Å². The molecule has 2 N–H and O–H groups in total. The molecule has 1 aliphatic heterocycles. The number of aliphatic imine (C=N–C) groups is 1. The lowest BCUT2D eigenvalue weighted by atomic mass is 10.0. The minimum Gasteiger partial charge on any atom is -0.351 e. The molecule has 1 aromatic heterocycles. The van der Waals surface area contributed by atoms with Gasteiger partial charge in [0, 0.05) is 57.1 Å². The van der Waals surface area contributed by atoms with Crippen molar-refractivity contribution in [2.75, 3.05) is 33.2 Å². The summed E-state index contributed by atoms with van der Waals surface area (Å²) >= 11 is 0. The molecular weight excluding hydrogens is 350 g/mol. The highest BCUT2D eigenvalue weighted by Gasteiger charge is 2.27. The molecule has 2 aromatic rings. The largest absolute Gasteiger partial charge is 0.351 e. The van der Waals surface area contributed by atoms with E-state index in [1.165, 1.54) is 6.07 Å². The van der Waals surface area contributed by atoms with E-state index in [1.54, 1.807) is 19.3 Å². The van der Waals surface area contributed by atoms with Crippen LogP contribution in [0.4, 0.5) is 8.78 Å². The number of piperazine rings is 1. The molecule has 1 unspecified atom stereocenters. The Hall–Kier alpha value is -2.48. The third-order valence-corrected chi connectivity index (χ3v) is 4.97. The van der Waals surface area contributed by atoms with Crippen LogP contribution >= 0.6 is 0 Å². The molecule has 0 radical (unpaired) electrons. The van der Waals surface area contributed by atoms with Gasteiger partial charge in [-0.05, 0) is 18.6 Å². The number of aromatic amines is 1. The zero-order valence-corrected chi connectivity index (χ0v) is 15.8. The lowest BCUT2D eigenvalue weighted by Crippen LogP contribution is -2.53. The maximum Gasteiger partial charge on any atom is 0.194 e. The Labute approximate surface area is 158 Å². The van der Waals surface area contributed by atoms with Crippen LogP contribution < -0.4 is 5.32 Å². The first-order chi connectivity index (χ1) is 13.1. The molecule has 3 rings (SSSR count). The lowest BCUT2D eigenvalue weighted by Gasteiger charge is -2.40. The SMILES string of the molecule is CCC(c1ccc(F)cc1F)N1CCN(C(=NC)NCc2ccn[nH]2)CC1. The van der Waals surface area contributed by atoms with Crippen molar-refractivity contribution in [3.63, 3.8) is 0 Å². The Kier molecular flexibility index (Phi) is 6.39. The highest BCUT2D eigenvalue weighted by Crippen LogP contribution is 2.28. The van der Waals surface area contributed by atoms with Crippen molar-refractivity contribution in [1.82, 2.24) is 25.3 Å². The standard InChI is InChI=1S/C19H26F2N6/c1-3-18(16-5-4-14(20)12-17(16)21)26-8-10-27(11-9-26)19(22-2)23-13-15-6-7-24-25-15/h4-7,12,18H,3,8-11,13H2,1-2H3,(H,22,23)(H,24,25). The molecule has 0 spiro atoms. The van der Waals surface area contributed by atoms with E-state index in [9.17, 15) is 8.78 Å². The van der Waals surface area contributed by atoms with E-state index in [0.29, 0.717) is 12.1 Å². The Balaban J connectivity index is 1.59. The van der Waals surface area contributed by atoms with Gasteiger partial charge in [0.2, 0.25) is 0 Å². The van der Waals surface area contributed by atoms with Crippen molar-refractivity contribution in [3.8, 4) is 0 Å². The van der Waals surface area contributed by atoms with E-state index < -0.39 is 11.6 Å². The molecule has 8 heteroatoms. The van der Waals surface area contributed by atoms with Gasteiger partial charge in [0.15, 0.2) is 5.96 Å². The van der Waals surface area contributed by atoms with Crippen molar-refractivity contribution < 1.29 is 8.78 Å². The van der Waals surface area contributed by atoms with Crippen LogP contribution in [0.25, 0.3) is 0 Å². The molecule has 0 amide bonds. The number of nitrogens with zero attached hydrogens (tertiary/aromatic N) is 4. The summed E-state index contributed by atoms with van der Waals surface area (Å²) in [6.45, 7) is 5.83. The van der Waals surface area contributed by atoms with Crippen molar-refractivity contribution in [1.29, 1.82) is 0 Å². The number of rotatable bonds is 5. The molecule has 1 fully saturated rings. The summed E-state index contributed by atoms with van der Waals surface area (Å²) < 4.78 is 27.4. The van der Waals surface area contributed by atoms with E-state index in [1.807, 2.05) is 13.0 Å². The van der Waals surface area contributed by atoms with Crippen LogP contribution in [0.1, 0.15) is 30.6 Å². The predicted octanol–water partition coefficient (Wildman–Crippen LogP) is 2.53. The van der Waals surface area contributed by atoms with Crippen LogP contribution in [0.15, 0.2) is 35.5 Å². The van der Waals surface area contributed by atoms with Gasteiger partial charge < -0.3 is 10.2 Å². The number of halogens is 2. The number of hydrogen-bond acceptors (Lipinski definition) is 3. The van der Waals surface area contributed by atoms with E-state index >= 15 is 0 Å². The number of hydrogen-bond donors (Lipinski definition) is 2. The van der Waals surface area contributed by atoms with Gasteiger partial charge in [-0.2, -0.15) is 5.10 Å². The minimum absolute atomic E-state index is 0.0484. The van der Waals surface area contributed by atoms with E-state index in [0.717, 1.165) is 50.3 Å². The van der Waals surface area contributed by atoms with Crippen molar-refractivity contribution >= 4 is 5.96 Å². The topological polar surface area (TPSA) is 59.5 Å². The van der Waals surface area contributed by atoms with Crippen LogP contribution in [0.2, 0.25) is 0 Å². The molecule has 0 bridgehead atoms. The van der Waals surface area contributed by atoms with E-state index in [4.69, 9.17) is 0 Å². The summed E-state index contributed by atoms with van der Waals surface area (Å²) in [7, 11) is 1.77. The maximum absolute atomic E-state index is 14.2. The first-order valence-electron chi connectivity index (χ1n) is 9.25. The molecule has 0 saturated carbocycles. The highest BCUT2D eigenvalue weighted by atomic mass is 19.1. The fraction of sp³-hybridized carbons (Fsp3) is 0.474. The van der Waals surface area contributed by atoms with Gasteiger partial charge in [0.25, 0.3) is 0 Å². The van der Waals surface area contributed by atoms with Gasteiger partial charge in [-0.3, -0.25) is 15.0 Å². The van der Waals surface area contributed by atoms with E-state index in [2.05, 4.69) is 30.3 Å². The Morgan fingerprint density at radius 1 is 1.26 bits per heavy atom. The number of guanidine groups is 1. The second-order valence-electron chi connectivity index (χ2n) is 6.60. The number of nitrogens with one attached hydrogen (secondary N) is 2. The molecule has 1 aliphatic rings.